The molecular formula is C17H25NO4. The molecule has 2 atom stereocenters. The van der Waals surface area contributed by atoms with Gasteiger partial charge in [0.05, 0.1) is 6.04 Å². The van der Waals surface area contributed by atoms with Crippen LogP contribution in [-0.4, -0.2) is 37.7 Å². The molecule has 0 radical (unpaired) electrons. The molecule has 1 aromatic rings. The molecule has 0 bridgehead atoms. The van der Waals surface area contributed by atoms with Crippen molar-refractivity contribution in [3.63, 3.8) is 0 Å². The Bertz CT molecular complexity index is 493. The van der Waals surface area contributed by atoms with Gasteiger partial charge in [0.1, 0.15) is 18.1 Å². The topological polar surface area (TPSA) is 51.9 Å². The Morgan fingerprint density at radius 3 is 3.09 bits per heavy atom. The molecular weight excluding hydrogens is 282 g/mol. The number of ether oxygens (including phenoxy) is 2. The van der Waals surface area contributed by atoms with Crippen LogP contribution < -0.4 is 0 Å². The maximum Gasteiger partial charge on any atom is 0.223 e. The van der Waals surface area contributed by atoms with Crippen LogP contribution in [0.1, 0.15) is 49.7 Å². The molecule has 3 rings (SSSR count). The lowest BCUT2D eigenvalue weighted by Gasteiger charge is -2.23. The van der Waals surface area contributed by atoms with E-state index in [0.29, 0.717) is 18.9 Å². The zero-order valence-corrected chi connectivity index (χ0v) is 13.3. The van der Waals surface area contributed by atoms with Gasteiger partial charge in [-0.25, -0.2) is 0 Å². The molecule has 2 unspecified atom stereocenters. The van der Waals surface area contributed by atoms with Crippen molar-refractivity contribution in [1.29, 1.82) is 0 Å². The number of rotatable bonds is 6. The van der Waals surface area contributed by atoms with E-state index in [2.05, 4.69) is 0 Å². The molecule has 1 aromatic heterocycles. The molecule has 22 heavy (non-hydrogen) atoms. The Morgan fingerprint density at radius 2 is 2.32 bits per heavy atom. The quantitative estimate of drug-likeness (QED) is 0.811. The average molecular weight is 307 g/mol. The minimum atomic E-state index is 0.0953. The highest BCUT2D eigenvalue weighted by atomic mass is 16.5. The molecule has 122 valence electrons. The maximum atomic E-state index is 12.5. The van der Waals surface area contributed by atoms with E-state index < -0.39 is 0 Å². The van der Waals surface area contributed by atoms with E-state index in [1.54, 1.807) is 7.11 Å². The molecule has 0 aromatic carbocycles. The third-order valence-electron chi connectivity index (χ3n) is 4.66. The summed E-state index contributed by atoms with van der Waals surface area (Å²) in [6, 6.07) is 4.02. The zero-order chi connectivity index (χ0) is 15.4. The van der Waals surface area contributed by atoms with Gasteiger partial charge in [0.25, 0.3) is 0 Å². The first-order valence-corrected chi connectivity index (χ1v) is 8.22. The first-order chi connectivity index (χ1) is 10.8. The van der Waals surface area contributed by atoms with Crippen LogP contribution in [-0.2, 0) is 20.9 Å². The van der Waals surface area contributed by atoms with Crippen LogP contribution in [0.25, 0.3) is 0 Å². The van der Waals surface area contributed by atoms with E-state index in [-0.39, 0.29) is 11.9 Å². The smallest absolute Gasteiger partial charge is 0.223 e. The predicted molar refractivity (Wildman–Crippen MR) is 81.3 cm³/mol. The molecule has 2 saturated heterocycles. The van der Waals surface area contributed by atoms with Gasteiger partial charge in [-0.1, -0.05) is 0 Å². The third kappa shape index (κ3) is 3.52. The summed E-state index contributed by atoms with van der Waals surface area (Å²) in [5.41, 5.74) is 0. The lowest BCUT2D eigenvalue weighted by atomic mass is 10.0. The minimum absolute atomic E-state index is 0.0953. The lowest BCUT2D eigenvalue weighted by Crippen LogP contribution is -2.30. The summed E-state index contributed by atoms with van der Waals surface area (Å²) in [4.78, 5) is 14.5. The van der Waals surface area contributed by atoms with Crippen LogP contribution in [0.4, 0.5) is 0 Å². The number of carbonyl (C=O) groups excluding carboxylic acids is 1. The van der Waals surface area contributed by atoms with Gasteiger partial charge in [-0.15, -0.1) is 0 Å². The van der Waals surface area contributed by atoms with E-state index in [0.717, 1.165) is 57.0 Å². The van der Waals surface area contributed by atoms with Crippen LogP contribution in [0.15, 0.2) is 16.5 Å². The van der Waals surface area contributed by atoms with Gasteiger partial charge >= 0.3 is 0 Å². The number of hydrogen-bond acceptors (Lipinski definition) is 4. The number of carbonyl (C=O) groups is 1. The first kappa shape index (κ1) is 15.6. The molecule has 5 nitrogen and oxygen atoms in total. The second-order valence-electron chi connectivity index (χ2n) is 6.25. The fraction of sp³-hybridized carbons (Fsp3) is 0.706. The molecule has 3 heterocycles. The van der Waals surface area contributed by atoms with Crippen molar-refractivity contribution >= 4 is 5.91 Å². The Kier molecular flexibility index (Phi) is 5.16. The van der Waals surface area contributed by atoms with Crippen molar-refractivity contribution in [2.24, 2.45) is 5.92 Å². The maximum absolute atomic E-state index is 12.5. The molecule has 0 aliphatic carbocycles. The summed E-state index contributed by atoms with van der Waals surface area (Å²) in [7, 11) is 1.65. The molecule has 2 fully saturated rings. The van der Waals surface area contributed by atoms with Gasteiger partial charge in [0.2, 0.25) is 5.91 Å². The van der Waals surface area contributed by atoms with Gasteiger partial charge < -0.3 is 18.8 Å². The number of hydrogen-bond donors (Lipinski definition) is 0. The minimum Gasteiger partial charge on any atom is -0.461 e. The van der Waals surface area contributed by atoms with Crippen molar-refractivity contribution in [2.75, 3.05) is 26.9 Å². The van der Waals surface area contributed by atoms with Crippen molar-refractivity contribution < 1.29 is 18.7 Å². The van der Waals surface area contributed by atoms with Gasteiger partial charge in [-0.3, -0.25) is 4.79 Å². The highest BCUT2D eigenvalue weighted by Gasteiger charge is 2.32. The van der Waals surface area contributed by atoms with E-state index >= 15 is 0 Å². The van der Waals surface area contributed by atoms with Crippen LogP contribution >= 0.6 is 0 Å². The first-order valence-electron chi connectivity index (χ1n) is 8.22. The summed E-state index contributed by atoms with van der Waals surface area (Å²) in [5.74, 6) is 2.52. The number of nitrogens with zero attached hydrogens (tertiary/aromatic N) is 1. The van der Waals surface area contributed by atoms with Crippen LogP contribution in [0.5, 0.6) is 0 Å². The monoisotopic (exact) mass is 307 g/mol. The van der Waals surface area contributed by atoms with Crippen LogP contribution in [0, 0.1) is 5.92 Å². The Morgan fingerprint density at radius 1 is 1.41 bits per heavy atom. The Balaban J connectivity index is 1.57. The Hall–Kier alpha value is -1.33. The molecule has 0 N–H and O–H groups in total. The lowest BCUT2D eigenvalue weighted by molar-refractivity contribution is -0.132. The SMILES string of the molecule is COCc1ccc(C2CCCN2C(=O)CCC2CCOC2)o1. The van der Waals surface area contributed by atoms with Gasteiger partial charge in [0.15, 0.2) is 0 Å². The van der Waals surface area contributed by atoms with E-state index in [1.165, 1.54) is 0 Å². The largest absolute Gasteiger partial charge is 0.461 e. The van der Waals surface area contributed by atoms with Gasteiger partial charge in [-0.2, -0.15) is 0 Å². The van der Waals surface area contributed by atoms with Crippen LogP contribution in [0.2, 0.25) is 0 Å². The number of amides is 1. The number of furan rings is 1. The second kappa shape index (κ2) is 7.29. The molecule has 1 amide bonds. The fourth-order valence-electron chi connectivity index (χ4n) is 3.44. The van der Waals surface area contributed by atoms with Crippen molar-refractivity contribution in [2.45, 2.75) is 44.8 Å². The van der Waals surface area contributed by atoms with E-state index in [4.69, 9.17) is 13.9 Å². The number of methoxy groups -OCH3 is 1. The van der Waals surface area contributed by atoms with Gasteiger partial charge in [0, 0.05) is 33.3 Å². The summed E-state index contributed by atoms with van der Waals surface area (Å²) in [6.45, 7) is 2.97. The second-order valence-corrected chi connectivity index (χ2v) is 6.25. The van der Waals surface area contributed by atoms with Crippen molar-refractivity contribution in [3.05, 3.63) is 23.7 Å². The average Bonchev–Trinajstić information content (AvgIpc) is 3.25. The molecule has 0 saturated carbocycles. The van der Waals surface area contributed by atoms with E-state index in [1.807, 2.05) is 17.0 Å². The molecule has 2 aliphatic rings. The summed E-state index contributed by atoms with van der Waals surface area (Å²) < 4.78 is 16.3. The van der Waals surface area contributed by atoms with E-state index in [9.17, 15) is 4.79 Å². The third-order valence-corrected chi connectivity index (χ3v) is 4.66. The summed E-state index contributed by atoms with van der Waals surface area (Å²) >= 11 is 0. The summed E-state index contributed by atoms with van der Waals surface area (Å²) in [5, 5.41) is 0. The Labute approximate surface area is 131 Å². The number of likely N-dealkylation sites (tertiary alicyclic amines) is 1. The highest BCUT2D eigenvalue weighted by molar-refractivity contribution is 5.77. The zero-order valence-electron chi connectivity index (χ0n) is 13.3. The predicted octanol–water partition coefficient (Wildman–Crippen LogP) is 2.91. The fourth-order valence-corrected chi connectivity index (χ4v) is 3.44. The normalized spacial score (nSPS) is 25.0. The van der Waals surface area contributed by atoms with Gasteiger partial charge in [-0.05, 0) is 43.7 Å². The molecule has 2 aliphatic heterocycles. The summed E-state index contributed by atoms with van der Waals surface area (Å²) in [6.07, 6.45) is 4.68. The highest BCUT2D eigenvalue weighted by Crippen LogP contribution is 2.34. The van der Waals surface area contributed by atoms with Crippen molar-refractivity contribution in [3.8, 4) is 0 Å². The van der Waals surface area contributed by atoms with Crippen LogP contribution in [0.3, 0.4) is 0 Å². The molecule has 5 heteroatoms. The molecule has 0 spiro atoms. The van der Waals surface area contributed by atoms with Crippen molar-refractivity contribution in [1.82, 2.24) is 4.90 Å². The standard InChI is InChI=1S/C17H25NO4/c1-20-12-14-5-6-16(22-14)15-3-2-9-18(15)17(19)7-4-13-8-10-21-11-13/h5-6,13,15H,2-4,7-12H2,1H3.